The van der Waals surface area contributed by atoms with Gasteiger partial charge in [0.25, 0.3) is 5.91 Å². The molecule has 1 N–H and O–H groups in total. The van der Waals surface area contributed by atoms with Crippen LogP contribution in [0.2, 0.25) is 0 Å². The lowest BCUT2D eigenvalue weighted by molar-refractivity contribution is -0.176. The Morgan fingerprint density at radius 3 is 2.38 bits per heavy atom. The predicted molar refractivity (Wildman–Crippen MR) is 84.2 cm³/mol. The van der Waals surface area contributed by atoms with Gasteiger partial charge in [0.15, 0.2) is 0 Å². The molecule has 3 nitrogen and oxygen atoms in total. The third-order valence-corrected chi connectivity index (χ3v) is 3.42. The highest BCUT2D eigenvalue weighted by molar-refractivity contribution is 9.10. The molecule has 0 aliphatic rings. The minimum Gasteiger partial charge on any atom is -0.367 e. The van der Waals surface area contributed by atoms with Gasteiger partial charge < -0.3 is 10.1 Å². The van der Waals surface area contributed by atoms with E-state index in [-0.39, 0.29) is 17.9 Å². The summed E-state index contributed by atoms with van der Waals surface area (Å²) in [6.07, 6.45) is -4.38. The SMILES string of the molecule is O=C(Nc1ccc(Br)cc1F)c1ccc(COCC(F)(F)F)cc1. The minimum atomic E-state index is -4.38. The molecule has 0 unspecified atom stereocenters. The number of rotatable bonds is 5. The van der Waals surface area contributed by atoms with E-state index in [1.165, 1.54) is 36.4 Å². The quantitative estimate of drug-likeness (QED) is 0.717. The number of benzene rings is 2. The van der Waals surface area contributed by atoms with Crippen LogP contribution < -0.4 is 5.32 Å². The van der Waals surface area contributed by atoms with Crippen LogP contribution >= 0.6 is 15.9 Å². The van der Waals surface area contributed by atoms with Crippen molar-refractivity contribution >= 4 is 27.5 Å². The molecule has 0 aromatic heterocycles. The maximum atomic E-state index is 13.7. The number of nitrogens with one attached hydrogen (secondary N) is 1. The second-order valence-corrected chi connectivity index (χ2v) is 5.80. The second kappa shape index (κ2) is 7.76. The summed E-state index contributed by atoms with van der Waals surface area (Å²) >= 11 is 3.11. The summed E-state index contributed by atoms with van der Waals surface area (Å²) in [6.45, 7) is -1.55. The van der Waals surface area contributed by atoms with Crippen LogP contribution in [0, 0.1) is 5.82 Å². The Balaban J connectivity index is 1.96. The van der Waals surface area contributed by atoms with E-state index in [9.17, 15) is 22.4 Å². The van der Waals surface area contributed by atoms with Crippen molar-refractivity contribution in [3.05, 3.63) is 63.9 Å². The average molecular weight is 406 g/mol. The van der Waals surface area contributed by atoms with Crippen molar-refractivity contribution in [1.29, 1.82) is 0 Å². The third kappa shape index (κ3) is 5.61. The molecule has 2 rings (SSSR count). The first-order valence-corrected chi connectivity index (χ1v) is 7.54. The number of hydrogen-bond acceptors (Lipinski definition) is 2. The monoisotopic (exact) mass is 405 g/mol. The molecule has 24 heavy (non-hydrogen) atoms. The summed E-state index contributed by atoms with van der Waals surface area (Å²) in [5.41, 5.74) is 0.767. The highest BCUT2D eigenvalue weighted by Crippen LogP contribution is 2.20. The lowest BCUT2D eigenvalue weighted by atomic mass is 10.1. The number of ether oxygens (including phenoxy) is 1. The predicted octanol–water partition coefficient (Wildman–Crippen LogP) is 4.92. The molecular weight excluding hydrogens is 394 g/mol. The van der Waals surface area contributed by atoms with Crippen LogP contribution in [0.5, 0.6) is 0 Å². The largest absolute Gasteiger partial charge is 0.411 e. The number of alkyl halides is 3. The zero-order chi connectivity index (χ0) is 17.7. The van der Waals surface area contributed by atoms with Crippen molar-refractivity contribution in [1.82, 2.24) is 0 Å². The van der Waals surface area contributed by atoms with Gasteiger partial charge in [-0.05, 0) is 35.9 Å². The Morgan fingerprint density at radius 2 is 1.79 bits per heavy atom. The zero-order valence-corrected chi connectivity index (χ0v) is 13.7. The normalized spacial score (nSPS) is 11.4. The standard InChI is InChI=1S/C16H12BrF4NO2/c17-12-5-6-14(13(18)7-12)22-15(23)11-3-1-10(2-4-11)8-24-9-16(19,20)21/h1-7H,8-9H2,(H,22,23). The Hall–Kier alpha value is -1.93. The number of carbonyl (C=O) groups is 1. The molecule has 0 heterocycles. The molecule has 0 saturated heterocycles. The number of halogens is 5. The first-order valence-electron chi connectivity index (χ1n) is 6.74. The molecule has 0 radical (unpaired) electrons. The lowest BCUT2D eigenvalue weighted by Gasteiger charge is -2.09. The number of hydrogen-bond donors (Lipinski definition) is 1. The smallest absolute Gasteiger partial charge is 0.367 e. The van der Waals surface area contributed by atoms with Gasteiger partial charge in [0, 0.05) is 10.0 Å². The number of carbonyl (C=O) groups excluding carboxylic acids is 1. The summed E-state index contributed by atoms with van der Waals surface area (Å²) in [5, 5.41) is 2.42. The summed E-state index contributed by atoms with van der Waals surface area (Å²) in [7, 11) is 0. The fourth-order valence-corrected chi connectivity index (χ4v) is 2.16. The maximum absolute atomic E-state index is 13.7. The van der Waals surface area contributed by atoms with Crippen LogP contribution in [0.15, 0.2) is 46.9 Å². The van der Waals surface area contributed by atoms with Crippen LogP contribution in [-0.2, 0) is 11.3 Å². The van der Waals surface area contributed by atoms with Crippen LogP contribution in [0.4, 0.5) is 23.2 Å². The zero-order valence-electron chi connectivity index (χ0n) is 12.2. The third-order valence-electron chi connectivity index (χ3n) is 2.93. The molecule has 2 aromatic carbocycles. The van der Waals surface area contributed by atoms with E-state index in [2.05, 4.69) is 26.0 Å². The van der Waals surface area contributed by atoms with Crippen molar-refractivity contribution in [3.63, 3.8) is 0 Å². The van der Waals surface area contributed by atoms with Crippen LogP contribution in [-0.4, -0.2) is 18.7 Å². The molecule has 0 aliphatic carbocycles. The maximum Gasteiger partial charge on any atom is 0.411 e. The Morgan fingerprint density at radius 1 is 1.12 bits per heavy atom. The van der Waals surface area contributed by atoms with Crippen LogP contribution in [0.3, 0.4) is 0 Å². The average Bonchev–Trinajstić information content (AvgIpc) is 2.49. The molecule has 0 spiro atoms. The molecular formula is C16H12BrF4NO2. The van der Waals surface area contributed by atoms with Gasteiger partial charge in [-0.3, -0.25) is 4.79 Å². The van der Waals surface area contributed by atoms with E-state index in [0.717, 1.165) is 0 Å². The van der Waals surface area contributed by atoms with Crippen molar-refractivity contribution in [2.24, 2.45) is 0 Å². The van der Waals surface area contributed by atoms with Crippen LogP contribution in [0.25, 0.3) is 0 Å². The Labute approximate surface area is 143 Å². The van der Waals surface area contributed by atoms with Gasteiger partial charge in [0.1, 0.15) is 12.4 Å². The molecule has 1 amide bonds. The summed E-state index contributed by atoms with van der Waals surface area (Å²) < 4.78 is 54.7. The topological polar surface area (TPSA) is 38.3 Å². The molecule has 128 valence electrons. The highest BCUT2D eigenvalue weighted by atomic mass is 79.9. The number of anilines is 1. The highest BCUT2D eigenvalue weighted by Gasteiger charge is 2.27. The molecule has 0 atom stereocenters. The van der Waals surface area contributed by atoms with Gasteiger partial charge in [-0.1, -0.05) is 28.1 Å². The van der Waals surface area contributed by atoms with Crippen molar-refractivity contribution in [2.75, 3.05) is 11.9 Å². The summed E-state index contributed by atoms with van der Waals surface area (Å²) in [5.74, 6) is -1.12. The fraction of sp³-hybridized carbons (Fsp3) is 0.188. The van der Waals surface area contributed by atoms with E-state index in [0.29, 0.717) is 10.0 Å². The molecule has 0 bridgehead atoms. The second-order valence-electron chi connectivity index (χ2n) is 4.88. The summed E-state index contributed by atoms with van der Waals surface area (Å²) in [4.78, 5) is 12.0. The van der Waals surface area contributed by atoms with Gasteiger partial charge in [-0.25, -0.2) is 4.39 Å². The Kier molecular flexibility index (Phi) is 5.95. The van der Waals surface area contributed by atoms with Gasteiger partial charge >= 0.3 is 6.18 Å². The number of amides is 1. The van der Waals surface area contributed by atoms with Crippen LogP contribution in [0.1, 0.15) is 15.9 Å². The van der Waals surface area contributed by atoms with Gasteiger partial charge in [0.05, 0.1) is 12.3 Å². The Bertz CT molecular complexity index is 717. The molecule has 8 heteroatoms. The lowest BCUT2D eigenvalue weighted by Crippen LogP contribution is -2.16. The van der Waals surface area contributed by atoms with E-state index in [4.69, 9.17) is 0 Å². The molecule has 0 fully saturated rings. The van der Waals surface area contributed by atoms with Crippen molar-refractivity contribution in [2.45, 2.75) is 12.8 Å². The van der Waals surface area contributed by atoms with Gasteiger partial charge in [-0.2, -0.15) is 13.2 Å². The molecule has 0 aliphatic heterocycles. The van der Waals surface area contributed by atoms with E-state index in [1.807, 2.05) is 0 Å². The molecule has 0 saturated carbocycles. The minimum absolute atomic E-state index is 0.0285. The first-order chi connectivity index (χ1) is 11.2. The van der Waals surface area contributed by atoms with E-state index in [1.54, 1.807) is 6.07 Å². The van der Waals surface area contributed by atoms with E-state index >= 15 is 0 Å². The van der Waals surface area contributed by atoms with Gasteiger partial charge in [0.2, 0.25) is 0 Å². The fourth-order valence-electron chi connectivity index (χ4n) is 1.82. The van der Waals surface area contributed by atoms with Gasteiger partial charge in [-0.15, -0.1) is 0 Å². The van der Waals surface area contributed by atoms with Crippen molar-refractivity contribution in [3.8, 4) is 0 Å². The summed E-state index contributed by atoms with van der Waals surface area (Å²) in [6, 6.07) is 10.0. The first kappa shape index (κ1) is 18.4. The van der Waals surface area contributed by atoms with Crippen molar-refractivity contribution < 1.29 is 27.1 Å². The van der Waals surface area contributed by atoms with E-state index < -0.39 is 24.5 Å². The molecule has 2 aromatic rings.